The molecule has 0 aromatic carbocycles. The molecule has 170 valence electrons. The Labute approximate surface area is 192 Å². The zero-order valence-corrected chi connectivity index (χ0v) is 18.5. The van der Waals surface area contributed by atoms with Crippen LogP contribution >= 0.6 is 0 Å². The van der Waals surface area contributed by atoms with E-state index < -0.39 is 0 Å². The van der Waals surface area contributed by atoms with Crippen LogP contribution in [0.15, 0.2) is 30.7 Å². The van der Waals surface area contributed by atoms with E-state index in [9.17, 15) is 4.79 Å². The van der Waals surface area contributed by atoms with Crippen LogP contribution in [0.25, 0.3) is 22.8 Å². The minimum Gasteiger partial charge on any atom is -0.356 e. The van der Waals surface area contributed by atoms with Crippen molar-refractivity contribution in [3.05, 3.63) is 42.0 Å². The maximum absolute atomic E-state index is 12.6. The molecule has 9 nitrogen and oxygen atoms in total. The fraction of sp³-hybridized carbons (Fsp3) is 0.458. The zero-order chi connectivity index (χ0) is 22.3. The highest BCUT2D eigenvalue weighted by Gasteiger charge is 2.42. The van der Waals surface area contributed by atoms with Gasteiger partial charge in [-0.05, 0) is 50.9 Å². The van der Waals surface area contributed by atoms with E-state index in [1.165, 1.54) is 25.7 Å². The Morgan fingerprint density at radius 3 is 2.64 bits per heavy atom. The van der Waals surface area contributed by atoms with Crippen molar-refractivity contribution < 1.29 is 4.79 Å². The van der Waals surface area contributed by atoms with Gasteiger partial charge in [-0.2, -0.15) is 0 Å². The van der Waals surface area contributed by atoms with Crippen molar-refractivity contribution in [2.75, 3.05) is 25.0 Å². The van der Waals surface area contributed by atoms with Crippen LogP contribution in [-0.2, 0) is 5.41 Å². The van der Waals surface area contributed by atoms with Crippen LogP contribution in [0.5, 0.6) is 0 Å². The summed E-state index contributed by atoms with van der Waals surface area (Å²) in [5, 5.41) is 9.92. The van der Waals surface area contributed by atoms with Crippen LogP contribution in [0.3, 0.4) is 0 Å². The SMILES string of the molecule is O=C1NCC2(CCNCC2)c2[nH]c(-c3ccnc(-c4cnc(NC5CCCC5)nc4)n3)cc21. The minimum absolute atomic E-state index is 0.0234. The van der Waals surface area contributed by atoms with Crippen LogP contribution in [-0.4, -0.2) is 56.5 Å². The van der Waals surface area contributed by atoms with E-state index >= 15 is 0 Å². The molecule has 1 saturated heterocycles. The molecule has 6 rings (SSSR count). The molecule has 9 heteroatoms. The van der Waals surface area contributed by atoms with E-state index in [0.717, 1.165) is 54.1 Å². The number of hydrogen-bond donors (Lipinski definition) is 4. The molecule has 33 heavy (non-hydrogen) atoms. The second-order valence-corrected chi connectivity index (χ2v) is 9.37. The maximum Gasteiger partial charge on any atom is 0.253 e. The summed E-state index contributed by atoms with van der Waals surface area (Å²) in [6.45, 7) is 2.58. The molecule has 3 aliphatic rings. The quantitative estimate of drug-likeness (QED) is 0.488. The minimum atomic E-state index is -0.0431. The Morgan fingerprint density at radius 1 is 1.06 bits per heavy atom. The van der Waals surface area contributed by atoms with Crippen molar-refractivity contribution in [1.82, 2.24) is 35.6 Å². The summed E-state index contributed by atoms with van der Waals surface area (Å²) in [4.78, 5) is 34.3. The average Bonchev–Trinajstić information content (AvgIpc) is 3.54. The van der Waals surface area contributed by atoms with E-state index in [1.54, 1.807) is 18.6 Å². The van der Waals surface area contributed by atoms with Gasteiger partial charge in [0.1, 0.15) is 0 Å². The van der Waals surface area contributed by atoms with Gasteiger partial charge >= 0.3 is 0 Å². The van der Waals surface area contributed by atoms with Gasteiger partial charge in [0.25, 0.3) is 5.91 Å². The molecule has 5 heterocycles. The molecule has 1 aliphatic carbocycles. The van der Waals surface area contributed by atoms with Crippen LogP contribution in [0, 0.1) is 0 Å². The Morgan fingerprint density at radius 2 is 1.85 bits per heavy atom. The van der Waals surface area contributed by atoms with Gasteiger partial charge in [0.2, 0.25) is 5.95 Å². The predicted octanol–water partition coefficient (Wildman–Crippen LogP) is 2.65. The topological polar surface area (TPSA) is 121 Å². The predicted molar refractivity (Wildman–Crippen MR) is 125 cm³/mol. The van der Waals surface area contributed by atoms with E-state index in [0.29, 0.717) is 24.4 Å². The number of piperidine rings is 1. The van der Waals surface area contributed by atoms with Crippen molar-refractivity contribution in [1.29, 1.82) is 0 Å². The van der Waals surface area contributed by atoms with Crippen LogP contribution in [0.4, 0.5) is 5.95 Å². The van der Waals surface area contributed by atoms with Crippen molar-refractivity contribution in [2.45, 2.75) is 50.0 Å². The van der Waals surface area contributed by atoms with Gasteiger partial charge in [0.15, 0.2) is 5.82 Å². The molecule has 2 fully saturated rings. The lowest BCUT2D eigenvalue weighted by Gasteiger charge is -2.40. The molecule has 2 aliphatic heterocycles. The average molecular weight is 445 g/mol. The molecule has 1 amide bonds. The van der Waals surface area contributed by atoms with Crippen molar-refractivity contribution in [2.24, 2.45) is 0 Å². The third-order valence-electron chi connectivity index (χ3n) is 7.27. The Balaban J connectivity index is 1.28. The number of H-pyrrole nitrogens is 1. The van der Waals surface area contributed by atoms with Crippen LogP contribution in [0.1, 0.15) is 54.6 Å². The summed E-state index contributed by atoms with van der Waals surface area (Å²) in [5.74, 6) is 1.19. The normalized spacial score (nSPS) is 19.9. The summed E-state index contributed by atoms with van der Waals surface area (Å²) in [6.07, 6.45) is 12.1. The van der Waals surface area contributed by atoms with E-state index in [2.05, 4.69) is 35.9 Å². The second-order valence-electron chi connectivity index (χ2n) is 9.37. The number of nitrogens with one attached hydrogen (secondary N) is 4. The summed E-state index contributed by atoms with van der Waals surface area (Å²) in [5.41, 5.74) is 4.06. The first-order valence-electron chi connectivity index (χ1n) is 11.8. The third kappa shape index (κ3) is 3.76. The zero-order valence-electron chi connectivity index (χ0n) is 18.5. The smallest absolute Gasteiger partial charge is 0.253 e. The number of carbonyl (C=O) groups excluding carboxylic acids is 1. The highest BCUT2D eigenvalue weighted by Crippen LogP contribution is 2.39. The number of carbonyl (C=O) groups is 1. The fourth-order valence-corrected chi connectivity index (χ4v) is 5.37. The van der Waals surface area contributed by atoms with Gasteiger partial charge in [-0.25, -0.2) is 19.9 Å². The van der Waals surface area contributed by atoms with Crippen molar-refractivity contribution >= 4 is 11.9 Å². The number of aromatic nitrogens is 5. The molecule has 1 spiro atoms. The Kier molecular flexibility index (Phi) is 5.05. The van der Waals surface area contributed by atoms with Crippen molar-refractivity contribution in [3.63, 3.8) is 0 Å². The highest BCUT2D eigenvalue weighted by atomic mass is 16.1. The van der Waals surface area contributed by atoms with Gasteiger partial charge in [-0.3, -0.25) is 4.79 Å². The van der Waals surface area contributed by atoms with Gasteiger partial charge in [0, 0.05) is 42.3 Å². The van der Waals surface area contributed by atoms with Gasteiger partial charge in [-0.1, -0.05) is 12.8 Å². The number of amides is 1. The first-order chi connectivity index (χ1) is 16.2. The molecule has 0 atom stereocenters. The molecular weight excluding hydrogens is 416 g/mol. The molecule has 3 aromatic rings. The summed E-state index contributed by atoms with van der Waals surface area (Å²) >= 11 is 0. The van der Waals surface area contributed by atoms with Crippen LogP contribution < -0.4 is 16.0 Å². The van der Waals surface area contributed by atoms with E-state index in [1.807, 2.05) is 12.1 Å². The van der Waals surface area contributed by atoms with E-state index in [4.69, 9.17) is 4.98 Å². The molecule has 0 bridgehead atoms. The van der Waals surface area contributed by atoms with E-state index in [-0.39, 0.29) is 11.3 Å². The largest absolute Gasteiger partial charge is 0.356 e. The highest BCUT2D eigenvalue weighted by molar-refractivity contribution is 5.98. The van der Waals surface area contributed by atoms with Crippen LogP contribution in [0.2, 0.25) is 0 Å². The standard InChI is InChI=1S/C24H28N8O/c33-22-17-11-19(31-20(17)24(14-29-22)6-9-25-10-7-24)18-5-8-26-21(32-18)15-12-27-23(28-13-15)30-16-3-1-2-4-16/h5,8,11-13,16,25,31H,1-4,6-7,9-10,14H2,(H,29,33)(H,27,28,30). The second kappa shape index (κ2) is 8.22. The number of aromatic amines is 1. The lowest BCUT2D eigenvalue weighted by Crippen LogP contribution is -2.51. The number of nitrogens with zero attached hydrogens (tertiary/aromatic N) is 4. The number of hydrogen-bond acceptors (Lipinski definition) is 7. The number of fused-ring (bicyclic) bond motifs is 2. The molecular formula is C24H28N8O. The summed E-state index contributed by atoms with van der Waals surface area (Å²) in [7, 11) is 0. The lowest BCUT2D eigenvalue weighted by molar-refractivity contribution is 0.0913. The summed E-state index contributed by atoms with van der Waals surface area (Å²) < 4.78 is 0. The molecule has 0 radical (unpaired) electrons. The molecule has 0 unspecified atom stereocenters. The summed E-state index contributed by atoms with van der Waals surface area (Å²) in [6, 6.07) is 4.25. The van der Waals surface area contributed by atoms with Gasteiger partial charge in [0.05, 0.1) is 22.5 Å². The molecule has 1 saturated carbocycles. The van der Waals surface area contributed by atoms with Gasteiger partial charge in [-0.15, -0.1) is 0 Å². The van der Waals surface area contributed by atoms with Gasteiger partial charge < -0.3 is 20.9 Å². The fourth-order valence-electron chi connectivity index (χ4n) is 5.37. The first-order valence-corrected chi connectivity index (χ1v) is 11.8. The Hall–Kier alpha value is -3.33. The monoisotopic (exact) mass is 444 g/mol. The number of rotatable bonds is 4. The maximum atomic E-state index is 12.6. The first kappa shape index (κ1) is 20.3. The van der Waals surface area contributed by atoms with Crippen molar-refractivity contribution in [3.8, 4) is 22.8 Å². The molecule has 4 N–H and O–H groups in total. The number of anilines is 1. The third-order valence-corrected chi connectivity index (χ3v) is 7.27. The lowest BCUT2D eigenvalue weighted by atomic mass is 9.73. The molecule has 3 aromatic heterocycles. The Bertz CT molecular complexity index is 1160.